The summed E-state index contributed by atoms with van der Waals surface area (Å²) in [6, 6.07) is 11.6. The number of aryl methyl sites for hydroxylation is 1. The smallest absolute Gasteiger partial charge is 0.287 e. The van der Waals surface area contributed by atoms with Crippen molar-refractivity contribution in [3.8, 4) is 22.5 Å². The molecule has 1 saturated heterocycles. The molecule has 0 unspecified atom stereocenters. The second-order valence-electron chi connectivity index (χ2n) is 8.22. The van der Waals surface area contributed by atoms with Crippen molar-refractivity contribution in [3.05, 3.63) is 65.7 Å². The lowest BCUT2D eigenvalue weighted by atomic mass is 9.98. The molecule has 1 fully saturated rings. The molecule has 0 atom stereocenters. The van der Waals surface area contributed by atoms with Crippen LogP contribution in [0.2, 0.25) is 0 Å². The second-order valence-corrected chi connectivity index (χ2v) is 8.22. The lowest BCUT2D eigenvalue weighted by Gasteiger charge is -2.26. The summed E-state index contributed by atoms with van der Waals surface area (Å²) in [6.45, 7) is 4.55. The molecule has 2 aliphatic rings. The number of furan rings is 1. The molecular weight excluding hydrogens is 420 g/mol. The molecule has 8 nitrogen and oxygen atoms in total. The Hall–Kier alpha value is -3.49. The number of hydrogen-bond acceptors (Lipinski definition) is 7. The van der Waals surface area contributed by atoms with Crippen LogP contribution in [0.5, 0.6) is 0 Å². The molecule has 0 bridgehead atoms. The first-order valence-corrected chi connectivity index (χ1v) is 11.2. The number of rotatable bonds is 6. The van der Waals surface area contributed by atoms with E-state index in [1.54, 1.807) is 18.5 Å². The Morgan fingerprint density at radius 3 is 2.67 bits per heavy atom. The van der Waals surface area contributed by atoms with Crippen LogP contribution in [0, 0.1) is 0 Å². The number of amides is 1. The predicted octanol–water partition coefficient (Wildman–Crippen LogP) is 3.20. The van der Waals surface area contributed by atoms with Gasteiger partial charge in [0.05, 0.1) is 18.9 Å². The van der Waals surface area contributed by atoms with E-state index in [-0.39, 0.29) is 11.7 Å². The zero-order valence-electron chi connectivity index (χ0n) is 18.3. The van der Waals surface area contributed by atoms with Crippen LogP contribution in [0.25, 0.3) is 22.5 Å². The highest BCUT2D eigenvalue weighted by molar-refractivity contribution is 6.05. The molecule has 3 heterocycles. The van der Waals surface area contributed by atoms with Crippen molar-refractivity contribution in [2.24, 2.45) is 5.16 Å². The fraction of sp³-hybridized carbons (Fsp3) is 0.320. The fourth-order valence-corrected chi connectivity index (χ4v) is 4.42. The highest BCUT2D eigenvalue weighted by Crippen LogP contribution is 2.37. The van der Waals surface area contributed by atoms with Crippen LogP contribution in [0.15, 0.2) is 58.4 Å². The first kappa shape index (κ1) is 21.4. The number of oxime groups is 1. The Morgan fingerprint density at radius 1 is 1.06 bits per heavy atom. The van der Waals surface area contributed by atoms with E-state index in [0.717, 1.165) is 67.1 Å². The molecule has 2 aromatic heterocycles. The third-order valence-electron chi connectivity index (χ3n) is 6.19. The van der Waals surface area contributed by atoms with Gasteiger partial charge in [-0.05, 0) is 42.2 Å². The zero-order valence-corrected chi connectivity index (χ0v) is 18.3. The fourth-order valence-electron chi connectivity index (χ4n) is 4.42. The van der Waals surface area contributed by atoms with Crippen molar-refractivity contribution in [1.82, 2.24) is 15.2 Å². The molecule has 1 aliphatic carbocycles. The van der Waals surface area contributed by atoms with E-state index in [9.17, 15) is 10.0 Å². The molecule has 1 aliphatic heterocycles. The van der Waals surface area contributed by atoms with Gasteiger partial charge < -0.3 is 19.7 Å². The second kappa shape index (κ2) is 9.56. The van der Waals surface area contributed by atoms with Crippen LogP contribution in [0.3, 0.4) is 0 Å². The monoisotopic (exact) mass is 446 g/mol. The molecule has 8 heteroatoms. The minimum Gasteiger partial charge on any atom is -0.450 e. The Labute approximate surface area is 191 Å². The Bertz CT molecular complexity index is 1170. The third kappa shape index (κ3) is 4.53. The molecule has 1 amide bonds. The largest absolute Gasteiger partial charge is 0.450 e. The molecule has 0 radical (unpaired) electrons. The van der Waals surface area contributed by atoms with Gasteiger partial charge in [0.25, 0.3) is 5.91 Å². The van der Waals surface area contributed by atoms with E-state index in [2.05, 4.69) is 26.4 Å². The van der Waals surface area contributed by atoms with Crippen LogP contribution >= 0.6 is 0 Å². The number of hydrogen-bond donors (Lipinski definition) is 2. The number of aromatic nitrogens is 1. The summed E-state index contributed by atoms with van der Waals surface area (Å²) >= 11 is 0. The summed E-state index contributed by atoms with van der Waals surface area (Å²) < 4.78 is 11.5. The van der Waals surface area contributed by atoms with Crippen molar-refractivity contribution in [1.29, 1.82) is 0 Å². The number of morpholine rings is 1. The molecule has 33 heavy (non-hydrogen) atoms. The number of carbonyl (C=O) groups is 1. The summed E-state index contributed by atoms with van der Waals surface area (Å²) in [5, 5.41) is 15.6. The van der Waals surface area contributed by atoms with Gasteiger partial charge >= 0.3 is 0 Å². The van der Waals surface area contributed by atoms with E-state index >= 15 is 0 Å². The van der Waals surface area contributed by atoms with Gasteiger partial charge in [0.1, 0.15) is 5.76 Å². The highest BCUT2D eigenvalue weighted by Gasteiger charge is 2.23. The topological polar surface area (TPSA) is 100 Å². The number of pyridine rings is 1. The molecule has 1 aromatic carbocycles. The molecule has 5 rings (SSSR count). The quantitative estimate of drug-likeness (QED) is 0.446. The van der Waals surface area contributed by atoms with Gasteiger partial charge in [-0.1, -0.05) is 23.4 Å². The van der Waals surface area contributed by atoms with E-state index in [1.807, 2.05) is 24.3 Å². The minimum atomic E-state index is -0.235. The van der Waals surface area contributed by atoms with Crippen molar-refractivity contribution in [2.75, 3.05) is 39.4 Å². The van der Waals surface area contributed by atoms with Gasteiger partial charge in [0, 0.05) is 55.3 Å². The average Bonchev–Trinajstić information content (AvgIpc) is 3.49. The molecule has 2 N–H and O–H groups in total. The molecule has 3 aromatic rings. The summed E-state index contributed by atoms with van der Waals surface area (Å²) in [5.74, 6) is 0.669. The maximum absolute atomic E-state index is 12.9. The molecule has 0 saturated carbocycles. The van der Waals surface area contributed by atoms with E-state index in [0.29, 0.717) is 24.4 Å². The van der Waals surface area contributed by atoms with Gasteiger partial charge in [0.2, 0.25) is 0 Å². The molecule has 0 spiro atoms. The number of carbonyl (C=O) groups excluding carboxylic acids is 1. The van der Waals surface area contributed by atoms with Crippen molar-refractivity contribution in [3.63, 3.8) is 0 Å². The SMILES string of the molecule is O=C(NCCN1CCOCC1)c1cc(-c2ccc3c(c2)CCC3=NO)c(-c2ccncc2)o1. The van der Waals surface area contributed by atoms with Crippen molar-refractivity contribution >= 4 is 11.6 Å². The van der Waals surface area contributed by atoms with Crippen LogP contribution in [-0.2, 0) is 11.2 Å². The van der Waals surface area contributed by atoms with Crippen molar-refractivity contribution < 1.29 is 19.2 Å². The van der Waals surface area contributed by atoms with Crippen LogP contribution in [0.4, 0.5) is 0 Å². The Kier molecular flexibility index (Phi) is 6.19. The normalized spacial score (nSPS) is 17.3. The number of nitrogens with one attached hydrogen (secondary N) is 1. The van der Waals surface area contributed by atoms with Gasteiger partial charge in [0.15, 0.2) is 5.76 Å². The number of ether oxygens (including phenoxy) is 1. The van der Waals surface area contributed by atoms with Gasteiger partial charge in [-0.25, -0.2) is 0 Å². The zero-order chi connectivity index (χ0) is 22.6. The molecule has 170 valence electrons. The maximum atomic E-state index is 12.9. The van der Waals surface area contributed by atoms with Crippen LogP contribution in [-0.4, -0.2) is 66.1 Å². The Morgan fingerprint density at radius 2 is 1.88 bits per heavy atom. The van der Waals surface area contributed by atoms with Crippen LogP contribution in [0.1, 0.15) is 28.1 Å². The first-order chi connectivity index (χ1) is 16.2. The van der Waals surface area contributed by atoms with Crippen LogP contribution < -0.4 is 5.32 Å². The first-order valence-electron chi connectivity index (χ1n) is 11.2. The summed E-state index contributed by atoms with van der Waals surface area (Å²) in [6.07, 6.45) is 4.95. The van der Waals surface area contributed by atoms with Gasteiger partial charge in [-0.3, -0.25) is 14.7 Å². The Balaban J connectivity index is 1.41. The third-order valence-corrected chi connectivity index (χ3v) is 6.19. The van der Waals surface area contributed by atoms with Crippen molar-refractivity contribution in [2.45, 2.75) is 12.8 Å². The number of nitrogens with zero attached hydrogens (tertiary/aromatic N) is 3. The highest BCUT2D eigenvalue weighted by atomic mass is 16.5. The summed E-state index contributed by atoms with van der Waals surface area (Å²) in [5.41, 5.74) is 5.45. The standard InChI is InChI=1S/C25H26N4O4/c30-25(27-9-10-29-11-13-32-14-12-29)23-16-21(24(33-23)17-5-7-26-8-6-17)19-1-3-20-18(15-19)2-4-22(20)28-31/h1,3,5-8,15-16,31H,2,4,9-14H2,(H,27,30). The minimum absolute atomic E-state index is 0.235. The lowest BCUT2D eigenvalue weighted by Crippen LogP contribution is -2.41. The number of benzene rings is 1. The predicted molar refractivity (Wildman–Crippen MR) is 124 cm³/mol. The van der Waals surface area contributed by atoms with Gasteiger partial charge in [-0.15, -0.1) is 0 Å². The van der Waals surface area contributed by atoms with E-state index in [4.69, 9.17) is 9.15 Å². The summed E-state index contributed by atoms with van der Waals surface area (Å²) in [7, 11) is 0. The molecular formula is C25H26N4O4. The van der Waals surface area contributed by atoms with E-state index in [1.165, 1.54) is 0 Å². The average molecular weight is 447 g/mol. The lowest BCUT2D eigenvalue weighted by molar-refractivity contribution is 0.0382. The maximum Gasteiger partial charge on any atom is 0.287 e. The number of fused-ring (bicyclic) bond motifs is 1. The van der Waals surface area contributed by atoms with Gasteiger partial charge in [-0.2, -0.15) is 0 Å². The summed E-state index contributed by atoms with van der Waals surface area (Å²) in [4.78, 5) is 19.2. The van der Waals surface area contributed by atoms with E-state index < -0.39 is 0 Å².